The van der Waals surface area contributed by atoms with Gasteiger partial charge in [-0.3, -0.25) is 4.79 Å². The van der Waals surface area contributed by atoms with Gasteiger partial charge in [-0.25, -0.2) is 0 Å². The lowest BCUT2D eigenvalue weighted by Crippen LogP contribution is -2.20. The Morgan fingerprint density at radius 1 is 0.931 bits per heavy atom. The first-order chi connectivity index (χ1) is 14.2. The smallest absolute Gasteiger partial charge is 0.262 e. The average Bonchev–Trinajstić information content (AvgIpc) is 3.23. The summed E-state index contributed by atoms with van der Waals surface area (Å²) < 4.78 is 11.5. The summed E-state index contributed by atoms with van der Waals surface area (Å²) in [6.45, 7) is -0.177. The van der Waals surface area contributed by atoms with Gasteiger partial charge in [0.05, 0.1) is 5.56 Å². The summed E-state index contributed by atoms with van der Waals surface area (Å²) in [4.78, 5) is 12.2. The van der Waals surface area contributed by atoms with Gasteiger partial charge in [-0.2, -0.15) is 0 Å². The Bertz CT molecular complexity index is 1130. The summed E-state index contributed by atoms with van der Waals surface area (Å²) in [5, 5.41) is 11.5. The van der Waals surface area contributed by atoms with Crippen LogP contribution in [0.3, 0.4) is 0 Å². The number of carbonyl (C=O) groups excluding carboxylic acids is 1. The van der Waals surface area contributed by atoms with E-state index in [1.807, 2.05) is 42.5 Å². The highest BCUT2D eigenvalue weighted by Gasteiger charge is 2.15. The van der Waals surface area contributed by atoms with Crippen molar-refractivity contribution in [3.8, 4) is 28.7 Å². The van der Waals surface area contributed by atoms with Crippen LogP contribution in [0.25, 0.3) is 22.9 Å². The van der Waals surface area contributed by atoms with Gasteiger partial charge in [-0.15, -0.1) is 10.2 Å². The third kappa shape index (κ3) is 4.62. The number of hydrogen-bond acceptors (Lipinski definition) is 5. The van der Waals surface area contributed by atoms with Crippen molar-refractivity contribution >= 4 is 23.2 Å². The molecule has 0 unspecified atom stereocenters. The quantitative estimate of drug-likeness (QED) is 0.484. The third-order valence-corrected chi connectivity index (χ3v) is 4.27. The maximum atomic E-state index is 12.2. The second kappa shape index (κ2) is 8.58. The van der Waals surface area contributed by atoms with Crippen molar-refractivity contribution in [1.29, 1.82) is 0 Å². The first-order valence-corrected chi connectivity index (χ1v) is 9.23. The Labute approximate surface area is 172 Å². The van der Waals surface area contributed by atoms with Gasteiger partial charge in [0, 0.05) is 16.3 Å². The van der Waals surface area contributed by atoms with Crippen LogP contribution < -0.4 is 10.1 Å². The molecule has 0 radical (unpaired) electrons. The van der Waals surface area contributed by atoms with Crippen LogP contribution in [0.5, 0.6) is 5.75 Å². The molecule has 7 heteroatoms. The van der Waals surface area contributed by atoms with Crippen molar-refractivity contribution in [2.24, 2.45) is 0 Å². The van der Waals surface area contributed by atoms with E-state index in [0.717, 1.165) is 5.56 Å². The fourth-order valence-corrected chi connectivity index (χ4v) is 2.90. The summed E-state index contributed by atoms with van der Waals surface area (Å²) >= 11 is 5.93. The predicted molar refractivity (Wildman–Crippen MR) is 111 cm³/mol. The summed E-state index contributed by atoms with van der Waals surface area (Å²) in [6.07, 6.45) is 0. The molecule has 0 aliphatic heterocycles. The molecule has 0 aliphatic carbocycles. The molecule has 144 valence electrons. The van der Waals surface area contributed by atoms with Gasteiger partial charge in [0.15, 0.2) is 6.61 Å². The van der Waals surface area contributed by atoms with Crippen LogP contribution >= 0.6 is 11.6 Å². The maximum Gasteiger partial charge on any atom is 0.262 e. The molecule has 0 atom stereocenters. The number of amides is 1. The molecular weight excluding hydrogens is 390 g/mol. The number of rotatable bonds is 6. The highest BCUT2D eigenvalue weighted by molar-refractivity contribution is 6.30. The minimum atomic E-state index is -0.308. The molecule has 1 N–H and O–H groups in total. The predicted octanol–water partition coefficient (Wildman–Crippen LogP) is 5.07. The summed E-state index contributed by atoms with van der Waals surface area (Å²) in [6, 6.07) is 23.6. The summed E-state index contributed by atoms with van der Waals surface area (Å²) in [5.41, 5.74) is 2.03. The maximum absolute atomic E-state index is 12.2. The second-order valence-corrected chi connectivity index (χ2v) is 6.56. The molecule has 4 aromatic rings. The summed E-state index contributed by atoms with van der Waals surface area (Å²) in [5.74, 6) is 0.887. The monoisotopic (exact) mass is 405 g/mol. The average molecular weight is 406 g/mol. The normalized spacial score (nSPS) is 10.5. The van der Waals surface area contributed by atoms with Gasteiger partial charge in [-0.1, -0.05) is 48.0 Å². The molecule has 0 aliphatic rings. The van der Waals surface area contributed by atoms with Gasteiger partial charge in [0.2, 0.25) is 5.89 Å². The number of anilines is 1. The Hall–Kier alpha value is -3.64. The van der Waals surface area contributed by atoms with E-state index in [0.29, 0.717) is 33.8 Å². The molecule has 0 spiro atoms. The molecule has 4 rings (SSSR count). The van der Waals surface area contributed by atoms with E-state index < -0.39 is 0 Å². The van der Waals surface area contributed by atoms with E-state index in [4.69, 9.17) is 20.8 Å². The van der Waals surface area contributed by atoms with E-state index in [-0.39, 0.29) is 12.5 Å². The van der Waals surface area contributed by atoms with Crippen molar-refractivity contribution in [2.45, 2.75) is 0 Å². The van der Waals surface area contributed by atoms with Crippen molar-refractivity contribution in [2.75, 3.05) is 11.9 Å². The zero-order chi connectivity index (χ0) is 20.1. The lowest BCUT2D eigenvalue weighted by Gasteiger charge is -2.10. The minimum Gasteiger partial charge on any atom is -0.483 e. The van der Waals surface area contributed by atoms with E-state index in [2.05, 4.69) is 15.5 Å². The van der Waals surface area contributed by atoms with Crippen LogP contribution in [-0.4, -0.2) is 22.7 Å². The molecule has 0 fully saturated rings. The zero-order valence-corrected chi connectivity index (χ0v) is 16.0. The van der Waals surface area contributed by atoms with E-state index >= 15 is 0 Å². The molecule has 0 saturated carbocycles. The number of halogens is 1. The van der Waals surface area contributed by atoms with Crippen LogP contribution in [0, 0.1) is 0 Å². The van der Waals surface area contributed by atoms with E-state index in [9.17, 15) is 4.79 Å². The summed E-state index contributed by atoms with van der Waals surface area (Å²) in [7, 11) is 0. The fraction of sp³-hybridized carbons (Fsp3) is 0.0455. The number of carbonyl (C=O) groups is 1. The van der Waals surface area contributed by atoms with Crippen molar-refractivity contribution in [1.82, 2.24) is 10.2 Å². The van der Waals surface area contributed by atoms with E-state index in [1.165, 1.54) is 0 Å². The first kappa shape index (κ1) is 18.7. The van der Waals surface area contributed by atoms with Gasteiger partial charge >= 0.3 is 0 Å². The topological polar surface area (TPSA) is 77.2 Å². The lowest BCUT2D eigenvalue weighted by molar-refractivity contribution is -0.118. The SMILES string of the molecule is O=C(COc1ccccc1-c1nnc(-c2ccccc2)o1)Nc1cccc(Cl)c1. The number of aromatic nitrogens is 2. The second-order valence-electron chi connectivity index (χ2n) is 6.12. The molecular formula is C22H16ClN3O3. The van der Waals surface area contributed by atoms with Crippen LogP contribution in [0.15, 0.2) is 83.3 Å². The Morgan fingerprint density at radius 3 is 2.52 bits per heavy atom. The number of benzene rings is 3. The largest absolute Gasteiger partial charge is 0.483 e. The Balaban J connectivity index is 1.47. The molecule has 6 nitrogen and oxygen atoms in total. The minimum absolute atomic E-state index is 0.177. The van der Waals surface area contributed by atoms with Crippen molar-refractivity contribution in [3.05, 3.63) is 83.9 Å². The van der Waals surface area contributed by atoms with Gasteiger partial charge in [0.1, 0.15) is 5.75 Å². The molecule has 0 bridgehead atoms. The fourth-order valence-electron chi connectivity index (χ4n) is 2.71. The van der Waals surface area contributed by atoms with E-state index in [1.54, 1.807) is 36.4 Å². The number of ether oxygens (including phenoxy) is 1. The van der Waals surface area contributed by atoms with Crippen LogP contribution in [-0.2, 0) is 4.79 Å². The number of para-hydroxylation sites is 1. The Morgan fingerprint density at radius 2 is 1.69 bits per heavy atom. The van der Waals surface area contributed by atoms with Crippen molar-refractivity contribution < 1.29 is 13.9 Å². The molecule has 29 heavy (non-hydrogen) atoms. The number of nitrogens with one attached hydrogen (secondary N) is 1. The van der Waals surface area contributed by atoms with Gasteiger partial charge in [0.25, 0.3) is 11.8 Å². The van der Waals surface area contributed by atoms with Gasteiger partial charge < -0.3 is 14.5 Å². The molecule has 1 amide bonds. The lowest BCUT2D eigenvalue weighted by atomic mass is 10.2. The first-order valence-electron chi connectivity index (χ1n) is 8.85. The third-order valence-electron chi connectivity index (χ3n) is 4.03. The van der Waals surface area contributed by atoms with Crippen LogP contribution in [0.2, 0.25) is 5.02 Å². The number of nitrogens with zero attached hydrogens (tertiary/aromatic N) is 2. The highest BCUT2D eigenvalue weighted by Crippen LogP contribution is 2.30. The molecule has 3 aromatic carbocycles. The van der Waals surface area contributed by atoms with Gasteiger partial charge in [-0.05, 0) is 42.5 Å². The zero-order valence-electron chi connectivity index (χ0n) is 15.2. The molecule has 1 aromatic heterocycles. The van der Waals surface area contributed by atoms with Crippen LogP contribution in [0.1, 0.15) is 0 Å². The standard InChI is InChI=1S/C22H16ClN3O3/c23-16-9-6-10-17(13-16)24-20(27)14-28-19-12-5-4-11-18(19)22-26-25-21(29-22)15-7-2-1-3-8-15/h1-13H,14H2,(H,24,27). The number of hydrogen-bond donors (Lipinski definition) is 1. The van der Waals surface area contributed by atoms with Crippen molar-refractivity contribution in [3.63, 3.8) is 0 Å². The Kier molecular flexibility index (Phi) is 5.54. The highest BCUT2D eigenvalue weighted by atomic mass is 35.5. The van der Waals surface area contributed by atoms with Crippen LogP contribution in [0.4, 0.5) is 5.69 Å². The molecule has 1 heterocycles. The molecule has 0 saturated heterocycles.